The average Bonchev–Trinajstić information content (AvgIpc) is 2.84. The third-order valence-electron chi connectivity index (χ3n) is 6.19. The van der Waals surface area contributed by atoms with Crippen molar-refractivity contribution in [3.63, 3.8) is 0 Å². The Morgan fingerprint density at radius 1 is 1.06 bits per heavy atom. The van der Waals surface area contributed by atoms with Crippen LogP contribution in [0.4, 0.5) is 16.2 Å². The first kappa shape index (κ1) is 23.1. The maximum Gasteiger partial charge on any atom is 0.321 e. The smallest absolute Gasteiger partial charge is 0.321 e. The molecule has 4 rings (SSSR count). The van der Waals surface area contributed by atoms with E-state index in [2.05, 4.69) is 10.6 Å². The van der Waals surface area contributed by atoms with Gasteiger partial charge >= 0.3 is 6.03 Å². The van der Waals surface area contributed by atoms with Crippen molar-refractivity contribution in [2.24, 2.45) is 5.92 Å². The van der Waals surface area contributed by atoms with E-state index in [1.165, 1.54) is 0 Å². The highest BCUT2D eigenvalue weighted by molar-refractivity contribution is 5.95. The SMILES string of the molecule is Cc1cccc(NC(=O)N2CCCC(C(=O)Nc3ccccc3OCC3CCCCO3)C2)c1. The van der Waals surface area contributed by atoms with Gasteiger partial charge in [0.1, 0.15) is 12.4 Å². The summed E-state index contributed by atoms with van der Waals surface area (Å²) in [5.41, 5.74) is 2.50. The van der Waals surface area contributed by atoms with Crippen LogP contribution in [0, 0.1) is 12.8 Å². The number of urea groups is 1. The molecule has 2 fully saturated rings. The standard InChI is InChI=1S/C26H33N3O4/c1-19-8-6-10-21(16-19)27-26(31)29-14-7-9-20(17-29)25(30)28-23-12-2-3-13-24(23)33-18-22-11-4-5-15-32-22/h2-3,6,8,10,12-13,16,20,22H,4-5,7,9,11,14-15,17-18H2,1H3,(H,27,31)(H,28,30). The van der Waals surface area contributed by atoms with Gasteiger partial charge < -0.3 is 25.0 Å². The van der Waals surface area contributed by atoms with Crippen LogP contribution in [0.5, 0.6) is 5.75 Å². The lowest BCUT2D eigenvalue weighted by atomic mass is 9.97. The lowest BCUT2D eigenvalue weighted by molar-refractivity contribution is -0.121. The molecular formula is C26H33N3O4. The molecule has 2 saturated heterocycles. The Labute approximate surface area is 195 Å². The Bertz CT molecular complexity index is 958. The van der Waals surface area contributed by atoms with E-state index in [9.17, 15) is 9.59 Å². The molecule has 0 saturated carbocycles. The molecule has 2 aromatic carbocycles. The molecule has 2 aliphatic rings. The largest absolute Gasteiger partial charge is 0.489 e. The highest BCUT2D eigenvalue weighted by atomic mass is 16.5. The van der Waals surface area contributed by atoms with E-state index in [-0.39, 0.29) is 24.0 Å². The number of ether oxygens (including phenoxy) is 2. The van der Waals surface area contributed by atoms with Crippen molar-refractivity contribution >= 4 is 23.3 Å². The highest BCUT2D eigenvalue weighted by Gasteiger charge is 2.29. The fraction of sp³-hybridized carbons (Fsp3) is 0.462. The Kier molecular flexibility index (Phi) is 7.83. The van der Waals surface area contributed by atoms with Gasteiger partial charge in [-0.3, -0.25) is 4.79 Å². The quantitative estimate of drug-likeness (QED) is 0.660. The molecule has 2 aliphatic heterocycles. The summed E-state index contributed by atoms with van der Waals surface area (Å²) in [5.74, 6) is 0.287. The van der Waals surface area contributed by atoms with Crippen LogP contribution in [-0.2, 0) is 9.53 Å². The number of aryl methyl sites for hydroxylation is 1. The molecule has 2 aromatic rings. The van der Waals surface area contributed by atoms with Crippen molar-refractivity contribution in [3.05, 3.63) is 54.1 Å². The second-order valence-electron chi connectivity index (χ2n) is 8.87. The molecule has 0 aliphatic carbocycles. The molecule has 7 heteroatoms. The van der Waals surface area contributed by atoms with Gasteiger partial charge in [-0.1, -0.05) is 24.3 Å². The molecule has 0 radical (unpaired) electrons. The molecule has 176 valence electrons. The van der Waals surface area contributed by atoms with Gasteiger partial charge in [0.2, 0.25) is 5.91 Å². The van der Waals surface area contributed by atoms with Crippen molar-refractivity contribution in [1.29, 1.82) is 0 Å². The molecule has 2 N–H and O–H groups in total. The molecule has 3 amide bonds. The third-order valence-corrected chi connectivity index (χ3v) is 6.19. The van der Waals surface area contributed by atoms with E-state index in [4.69, 9.17) is 9.47 Å². The first-order chi connectivity index (χ1) is 16.1. The molecule has 0 aromatic heterocycles. The summed E-state index contributed by atoms with van der Waals surface area (Å²) < 4.78 is 11.7. The maximum atomic E-state index is 13.0. The summed E-state index contributed by atoms with van der Waals surface area (Å²) in [6.45, 7) is 4.27. The first-order valence-electron chi connectivity index (χ1n) is 11.9. The second kappa shape index (κ2) is 11.2. The van der Waals surface area contributed by atoms with Crippen molar-refractivity contribution in [3.8, 4) is 5.75 Å². The van der Waals surface area contributed by atoms with E-state index in [1.807, 2.05) is 55.5 Å². The van der Waals surface area contributed by atoms with Crippen molar-refractivity contribution in [2.45, 2.75) is 45.1 Å². The van der Waals surface area contributed by atoms with E-state index in [0.29, 0.717) is 31.1 Å². The number of hydrogen-bond acceptors (Lipinski definition) is 4. The predicted octanol–water partition coefficient (Wildman–Crippen LogP) is 4.83. The van der Waals surface area contributed by atoms with Gasteiger partial charge in [0.15, 0.2) is 0 Å². The number of carbonyl (C=O) groups excluding carboxylic acids is 2. The molecule has 33 heavy (non-hydrogen) atoms. The minimum Gasteiger partial charge on any atom is -0.489 e. The number of benzene rings is 2. The number of nitrogens with one attached hydrogen (secondary N) is 2. The summed E-state index contributed by atoms with van der Waals surface area (Å²) in [4.78, 5) is 27.5. The zero-order valence-electron chi connectivity index (χ0n) is 19.2. The van der Waals surface area contributed by atoms with Gasteiger partial charge in [-0.25, -0.2) is 4.79 Å². The number of rotatable bonds is 6. The number of hydrogen-bond donors (Lipinski definition) is 2. The molecule has 2 unspecified atom stereocenters. The van der Waals surface area contributed by atoms with Crippen LogP contribution in [-0.4, -0.2) is 49.2 Å². The first-order valence-corrected chi connectivity index (χ1v) is 11.9. The van der Waals surface area contributed by atoms with E-state index in [0.717, 1.165) is 50.0 Å². The molecular weight excluding hydrogens is 418 g/mol. The number of para-hydroxylation sites is 2. The van der Waals surface area contributed by atoms with Gasteiger partial charge in [-0.2, -0.15) is 0 Å². The van der Waals surface area contributed by atoms with Gasteiger partial charge in [-0.15, -0.1) is 0 Å². The van der Waals surface area contributed by atoms with Gasteiger partial charge in [-0.05, 0) is 68.9 Å². The number of piperidine rings is 1. The number of amides is 3. The highest BCUT2D eigenvalue weighted by Crippen LogP contribution is 2.27. The Morgan fingerprint density at radius 3 is 2.76 bits per heavy atom. The topological polar surface area (TPSA) is 79.9 Å². The van der Waals surface area contributed by atoms with Crippen LogP contribution in [0.25, 0.3) is 0 Å². The normalized spacial score (nSPS) is 20.7. The van der Waals surface area contributed by atoms with Crippen molar-refractivity contribution in [2.75, 3.05) is 36.9 Å². The summed E-state index contributed by atoms with van der Waals surface area (Å²) in [5, 5.41) is 5.96. The van der Waals surface area contributed by atoms with E-state index in [1.54, 1.807) is 4.90 Å². The molecule has 0 spiro atoms. The fourth-order valence-electron chi connectivity index (χ4n) is 4.35. The number of nitrogens with zero attached hydrogens (tertiary/aromatic N) is 1. The Morgan fingerprint density at radius 2 is 1.94 bits per heavy atom. The van der Waals surface area contributed by atoms with Crippen LogP contribution in [0.1, 0.15) is 37.7 Å². The monoisotopic (exact) mass is 451 g/mol. The summed E-state index contributed by atoms with van der Waals surface area (Å²) in [7, 11) is 0. The average molecular weight is 452 g/mol. The lowest BCUT2D eigenvalue weighted by Crippen LogP contribution is -2.45. The van der Waals surface area contributed by atoms with Crippen LogP contribution < -0.4 is 15.4 Å². The third kappa shape index (κ3) is 6.48. The van der Waals surface area contributed by atoms with Crippen LogP contribution in [0.2, 0.25) is 0 Å². The second-order valence-corrected chi connectivity index (χ2v) is 8.87. The lowest BCUT2D eigenvalue weighted by Gasteiger charge is -2.32. The zero-order chi connectivity index (χ0) is 23.0. The van der Waals surface area contributed by atoms with Gasteiger partial charge in [0, 0.05) is 25.4 Å². The van der Waals surface area contributed by atoms with Crippen LogP contribution in [0.15, 0.2) is 48.5 Å². The Balaban J connectivity index is 1.33. The minimum absolute atomic E-state index is 0.0898. The van der Waals surface area contributed by atoms with Crippen molar-refractivity contribution < 1.29 is 19.1 Å². The van der Waals surface area contributed by atoms with E-state index >= 15 is 0 Å². The number of carbonyl (C=O) groups is 2. The maximum absolute atomic E-state index is 13.0. The molecule has 2 heterocycles. The summed E-state index contributed by atoms with van der Waals surface area (Å²) in [6.07, 6.45) is 4.89. The summed E-state index contributed by atoms with van der Waals surface area (Å²) >= 11 is 0. The van der Waals surface area contributed by atoms with Crippen LogP contribution in [0.3, 0.4) is 0 Å². The minimum atomic E-state index is -0.267. The molecule has 2 atom stereocenters. The van der Waals surface area contributed by atoms with Crippen molar-refractivity contribution in [1.82, 2.24) is 4.90 Å². The van der Waals surface area contributed by atoms with E-state index < -0.39 is 0 Å². The molecule has 7 nitrogen and oxygen atoms in total. The fourth-order valence-corrected chi connectivity index (χ4v) is 4.35. The van der Waals surface area contributed by atoms with Gasteiger partial charge in [0.05, 0.1) is 17.7 Å². The summed E-state index contributed by atoms with van der Waals surface area (Å²) in [6, 6.07) is 15.0. The number of likely N-dealkylation sites (tertiary alicyclic amines) is 1. The van der Waals surface area contributed by atoms with Crippen LogP contribution >= 0.6 is 0 Å². The zero-order valence-corrected chi connectivity index (χ0v) is 19.2. The Hall–Kier alpha value is -3.06. The predicted molar refractivity (Wildman–Crippen MR) is 129 cm³/mol. The van der Waals surface area contributed by atoms with Gasteiger partial charge in [0.25, 0.3) is 0 Å². The molecule has 0 bridgehead atoms. The number of anilines is 2.